The molecule has 8 heteroatoms. The molecule has 19 heavy (non-hydrogen) atoms. The van der Waals surface area contributed by atoms with Crippen molar-refractivity contribution in [1.29, 1.82) is 0 Å². The lowest BCUT2D eigenvalue weighted by atomic mass is 10.2. The van der Waals surface area contributed by atoms with Gasteiger partial charge in [-0.3, -0.25) is 14.9 Å². The lowest BCUT2D eigenvalue weighted by molar-refractivity contribution is -0.385. The fourth-order valence-corrected chi connectivity index (χ4v) is 2.21. The van der Waals surface area contributed by atoms with Gasteiger partial charge in [0.05, 0.1) is 16.0 Å². The van der Waals surface area contributed by atoms with Gasteiger partial charge >= 0.3 is 0 Å². The smallest absolute Gasteiger partial charge is 0.283 e. The molecule has 1 aromatic rings. The van der Waals surface area contributed by atoms with Crippen molar-refractivity contribution in [2.24, 2.45) is 0 Å². The first-order chi connectivity index (χ1) is 9.08. The average Bonchev–Trinajstić information content (AvgIpc) is 2.39. The van der Waals surface area contributed by atoms with E-state index in [0.29, 0.717) is 23.3 Å². The molecular weight excluding hydrogens is 318 g/mol. The third-order valence-corrected chi connectivity index (χ3v) is 3.27. The number of anilines is 1. The van der Waals surface area contributed by atoms with E-state index in [-0.39, 0.29) is 11.6 Å². The van der Waals surface area contributed by atoms with Gasteiger partial charge in [0.15, 0.2) is 0 Å². The van der Waals surface area contributed by atoms with Crippen LogP contribution in [0.4, 0.5) is 11.4 Å². The maximum absolute atomic E-state index is 11.9. The van der Waals surface area contributed by atoms with Gasteiger partial charge in [-0.1, -0.05) is 0 Å². The molecule has 1 atom stereocenters. The Morgan fingerprint density at radius 1 is 1.58 bits per heavy atom. The van der Waals surface area contributed by atoms with Gasteiger partial charge in [-0.05, 0) is 28.1 Å². The van der Waals surface area contributed by atoms with Crippen molar-refractivity contribution in [2.45, 2.75) is 6.10 Å². The van der Waals surface area contributed by atoms with Gasteiger partial charge in [0.1, 0.15) is 6.10 Å². The molecule has 1 amide bonds. The minimum absolute atomic E-state index is 0.0476. The molecule has 0 saturated carbocycles. The minimum Gasteiger partial charge on any atom is -0.366 e. The zero-order valence-electron chi connectivity index (χ0n) is 9.89. The Bertz CT molecular complexity index is 503. The molecule has 0 radical (unpaired) electrons. The lowest BCUT2D eigenvalue weighted by Crippen LogP contribution is -2.45. The highest BCUT2D eigenvalue weighted by molar-refractivity contribution is 9.10. The number of carbonyl (C=O) groups is 1. The topological polar surface area (TPSA) is 93.5 Å². The standard InChI is InChI=1S/C11H12BrN3O4/c12-8-5-7(1-2-9(8)15(17)18)14-11(16)10-6-13-3-4-19-10/h1-2,5,10,13H,3-4,6H2,(H,14,16). The van der Waals surface area contributed by atoms with E-state index in [0.717, 1.165) is 6.54 Å². The van der Waals surface area contributed by atoms with Gasteiger partial charge in [-0.25, -0.2) is 0 Å². The van der Waals surface area contributed by atoms with E-state index in [4.69, 9.17) is 4.74 Å². The van der Waals surface area contributed by atoms with E-state index in [1.54, 1.807) is 0 Å². The van der Waals surface area contributed by atoms with Gasteiger partial charge in [-0.15, -0.1) is 0 Å². The summed E-state index contributed by atoms with van der Waals surface area (Å²) in [5.74, 6) is -0.270. The number of benzene rings is 1. The summed E-state index contributed by atoms with van der Waals surface area (Å²) in [6.07, 6.45) is -0.539. The Labute approximate surface area is 117 Å². The summed E-state index contributed by atoms with van der Waals surface area (Å²) in [6.45, 7) is 1.68. The molecule has 1 saturated heterocycles. The van der Waals surface area contributed by atoms with Crippen LogP contribution in [-0.2, 0) is 9.53 Å². The van der Waals surface area contributed by atoms with Crippen LogP contribution in [-0.4, -0.2) is 36.6 Å². The quantitative estimate of drug-likeness (QED) is 0.643. The summed E-state index contributed by atoms with van der Waals surface area (Å²) >= 11 is 3.10. The van der Waals surface area contributed by atoms with Crippen LogP contribution in [0.1, 0.15) is 0 Å². The first-order valence-corrected chi connectivity index (χ1v) is 6.44. The van der Waals surface area contributed by atoms with Crippen LogP contribution in [0.15, 0.2) is 22.7 Å². The molecule has 0 aromatic heterocycles. The number of carbonyl (C=O) groups excluding carboxylic acids is 1. The molecule has 0 spiro atoms. The van der Waals surface area contributed by atoms with Crippen molar-refractivity contribution in [3.63, 3.8) is 0 Å². The molecule has 1 aromatic carbocycles. The number of morpholine rings is 1. The monoisotopic (exact) mass is 329 g/mol. The second-order valence-electron chi connectivity index (χ2n) is 3.98. The predicted molar refractivity (Wildman–Crippen MR) is 72.0 cm³/mol. The zero-order chi connectivity index (χ0) is 13.8. The Morgan fingerprint density at radius 2 is 2.37 bits per heavy atom. The van der Waals surface area contributed by atoms with Gasteiger partial charge in [0.25, 0.3) is 11.6 Å². The number of ether oxygens (including phenoxy) is 1. The van der Waals surface area contributed by atoms with Crippen LogP contribution in [0, 0.1) is 10.1 Å². The van der Waals surface area contributed by atoms with E-state index in [1.165, 1.54) is 18.2 Å². The molecule has 1 heterocycles. The van der Waals surface area contributed by atoms with Crippen LogP contribution in [0.3, 0.4) is 0 Å². The van der Waals surface area contributed by atoms with E-state index in [9.17, 15) is 14.9 Å². The predicted octanol–water partition coefficient (Wildman–Crippen LogP) is 1.28. The Balaban J connectivity index is 2.04. The SMILES string of the molecule is O=C(Nc1ccc([N+](=O)[O-])c(Br)c1)C1CNCCO1. The molecule has 2 N–H and O–H groups in total. The number of halogens is 1. The maximum Gasteiger partial charge on any atom is 0.283 e. The van der Waals surface area contributed by atoms with Gasteiger partial charge in [0, 0.05) is 24.8 Å². The molecule has 1 fully saturated rings. The summed E-state index contributed by atoms with van der Waals surface area (Å²) in [6, 6.07) is 4.31. The number of nitro benzene ring substituents is 1. The Kier molecular flexibility index (Phi) is 4.46. The van der Waals surface area contributed by atoms with Crippen molar-refractivity contribution in [3.8, 4) is 0 Å². The highest BCUT2D eigenvalue weighted by atomic mass is 79.9. The first-order valence-electron chi connectivity index (χ1n) is 5.65. The third kappa shape index (κ3) is 3.49. The van der Waals surface area contributed by atoms with Crippen molar-refractivity contribution >= 4 is 33.2 Å². The first kappa shape index (κ1) is 13.9. The Morgan fingerprint density at radius 3 is 2.95 bits per heavy atom. The second kappa shape index (κ2) is 6.09. The number of amides is 1. The fourth-order valence-electron chi connectivity index (χ4n) is 1.69. The number of nitrogens with zero attached hydrogens (tertiary/aromatic N) is 1. The molecule has 7 nitrogen and oxygen atoms in total. The van der Waals surface area contributed by atoms with Crippen molar-refractivity contribution in [2.75, 3.05) is 25.0 Å². The molecule has 1 unspecified atom stereocenters. The van der Waals surface area contributed by atoms with E-state index in [2.05, 4.69) is 26.6 Å². The molecule has 1 aliphatic rings. The minimum atomic E-state index is -0.539. The molecule has 0 aliphatic carbocycles. The molecule has 2 rings (SSSR count). The number of hydrogen-bond donors (Lipinski definition) is 2. The summed E-state index contributed by atoms with van der Waals surface area (Å²) in [7, 11) is 0. The average molecular weight is 330 g/mol. The highest BCUT2D eigenvalue weighted by Gasteiger charge is 2.22. The molecule has 102 valence electrons. The lowest BCUT2D eigenvalue weighted by Gasteiger charge is -2.22. The van der Waals surface area contributed by atoms with Crippen LogP contribution < -0.4 is 10.6 Å². The molecule has 1 aliphatic heterocycles. The van der Waals surface area contributed by atoms with E-state index < -0.39 is 11.0 Å². The summed E-state index contributed by atoms with van der Waals surface area (Å²) in [5, 5.41) is 16.4. The number of nitrogens with one attached hydrogen (secondary N) is 2. The second-order valence-corrected chi connectivity index (χ2v) is 4.83. The zero-order valence-corrected chi connectivity index (χ0v) is 11.5. The summed E-state index contributed by atoms with van der Waals surface area (Å²) in [4.78, 5) is 22.0. The largest absolute Gasteiger partial charge is 0.366 e. The van der Waals surface area contributed by atoms with E-state index >= 15 is 0 Å². The fraction of sp³-hybridized carbons (Fsp3) is 0.364. The molecule has 0 bridgehead atoms. The van der Waals surface area contributed by atoms with Crippen molar-refractivity contribution < 1.29 is 14.5 Å². The van der Waals surface area contributed by atoms with Crippen LogP contribution in [0.25, 0.3) is 0 Å². The number of hydrogen-bond acceptors (Lipinski definition) is 5. The Hall–Kier alpha value is -1.51. The maximum atomic E-state index is 11.9. The van der Waals surface area contributed by atoms with E-state index in [1.807, 2.05) is 0 Å². The van der Waals surface area contributed by atoms with Gasteiger partial charge < -0.3 is 15.4 Å². The van der Waals surface area contributed by atoms with Crippen LogP contribution in [0.5, 0.6) is 0 Å². The normalized spacial score (nSPS) is 18.9. The molecular formula is C11H12BrN3O4. The van der Waals surface area contributed by atoms with Gasteiger partial charge in [0.2, 0.25) is 0 Å². The summed E-state index contributed by atoms with van der Waals surface area (Å²) in [5.41, 5.74) is 0.435. The van der Waals surface area contributed by atoms with Crippen LogP contribution in [0.2, 0.25) is 0 Å². The highest BCUT2D eigenvalue weighted by Crippen LogP contribution is 2.27. The van der Waals surface area contributed by atoms with Gasteiger partial charge in [-0.2, -0.15) is 0 Å². The third-order valence-electron chi connectivity index (χ3n) is 2.63. The number of nitro groups is 1. The van der Waals surface area contributed by atoms with Crippen molar-refractivity contribution in [3.05, 3.63) is 32.8 Å². The number of rotatable bonds is 3. The van der Waals surface area contributed by atoms with Crippen LogP contribution >= 0.6 is 15.9 Å². The van der Waals surface area contributed by atoms with Crippen molar-refractivity contribution in [1.82, 2.24) is 5.32 Å². The summed E-state index contributed by atoms with van der Waals surface area (Å²) < 4.78 is 5.63.